The number of likely N-dealkylation sites (tertiary alicyclic amines) is 1. The second kappa shape index (κ2) is 5.00. The van der Waals surface area contributed by atoms with Crippen molar-refractivity contribution in [3.63, 3.8) is 0 Å². The molecule has 0 aromatic rings. The van der Waals surface area contributed by atoms with E-state index in [0.29, 0.717) is 5.67 Å². The van der Waals surface area contributed by atoms with Crippen LogP contribution in [-0.4, -0.2) is 36.9 Å². The fourth-order valence-electron chi connectivity index (χ4n) is 2.37. The minimum absolute atomic E-state index is 0.121. The lowest BCUT2D eigenvalue weighted by atomic mass is 10.1. The Hall–Kier alpha value is -0.513. The number of nitrogens with zero attached hydrogens (tertiary/aromatic N) is 1. The highest BCUT2D eigenvalue weighted by Crippen LogP contribution is 2.26. The SMILES string of the molecule is CC(C)(C)OC(=O)N1CCCCC1[Si](C)(C)C. The molecule has 1 aliphatic rings. The molecule has 1 atom stereocenters. The molecule has 1 amide bonds. The molecule has 4 heteroatoms. The van der Waals surface area contributed by atoms with Gasteiger partial charge in [-0.15, -0.1) is 0 Å². The summed E-state index contributed by atoms with van der Waals surface area (Å²) in [7, 11) is -1.33. The van der Waals surface area contributed by atoms with Gasteiger partial charge in [0, 0.05) is 12.2 Å². The number of rotatable bonds is 1. The van der Waals surface area contributed by atoms with E-state index in [1.165, 1.54) is 6.42 Å². The molecule has 0 aliphatic carbocycles. The van der Waals surface area contributed by atoms with Gasteiger partial charge in [0.2, 0.25) is 0 Å². The van der Waals surface area contributed by atoms with E-state index in [1.54, 1.807) is 0 Å². The van der Waals surface area contributed by atoms with Crippen LogP contribution in [0.25, 0.3) is 0 Å². The highest BCUT2D eigenvalue weighted by atomic mass is 28.3. The summed E-state index contributed by atoms with van der Waals surface area (Å²) in [6, 6.07) is 0. The molecule has 1 unspecified atom stereocenters. The Morgan fingerprint density at radius 2 is 1.82 bits per heavy atom. The maximum absolute atomic E-state index is 12.2. The van der Waals surface area contributed by atoms with E-state index in [0.717, 1.165) is 19.4 Å². The number of piperidine rings is 1. The van der Waals surface area contributed by atoms with Gasteiger partial charge >= 0.3 is 6.09 Å². The van der Waals surface area contributed by atoms with Gasteiger partial charge in [0.25, 0.3) is 0 Å². The van der Waals surface area contributed by atoms with Crippen molar-refractivity contribution in [2.24, 2.45) is 0 Å². The predicted octanol–water partition coefficient (Wildman–Crippen LogP) is 3.65. The molecule has 1 aliphatic heterocycles. The molecule has 0 aromatic heterocycles. The third-order valence-electron chi connectivity index (χ3n) is 3.13. The summed E-state index contributed by atoms with van der Waals surface area (Å²) >= 11 is 0. The number of amides is 1. The Labute approximate surface area is 107 Å². The fraction of sp³-hybridized carbons (Fsp3) is 0.923. The standard InChI is InChI=1S/C13H27NO2Si/c1-13(2,3)16-12(15)14-10-8-7-9-11(14)17(4,5)6/h11H,7-10H2,1-6H3. The second-order valence-electron chi connectivity index (χ2n) is 7.05. The molecule has 1 heterocycles. The van der Waals surface area contributed by atoms with Crippen LogP contribution in [0.5, 0.6) is 0 Å². The fourth-order valence-corrected chi connectivity index (χ4v) is 4.61. The van der Waals surface area contributed by atoms with Crippen molar-refractivity contribution < 1.29 is 9.53 Å². The molecular weight excluding hydrogens is 230 g/mol. The first-order chi connectivity index (χ1) is 7.61. The lowest BCUT2D eigenvalue weighted by molar-refractivity contribution is 0.0169. The Morgan fingerprint density at radius 1 is 1.24 bits per heavy atom. The van der Waals surface area contributed by atoms with Crippen LogP contribution in [0.1, 0.15) is 40.0 Å². The van der Waals surface area contributed by atoms with Gasteiger partial charge in [-0.1, -0.05) is 19.6 Å². The first kappa shape index (κ1) is 14.5. The van der Waals surface area contributed by atoms with Crippen LogP contribution < -0.4 is 0 Å². The molecule has 17 heavy (non-hydrogen) atoms. The van der Waals surface area contributed by atoms with Gasteiger partial charge in [0.15, 0.2) is 0 Å². The number of ether oxygens (including phenoxy) is 1. The van der Waals surface area contributed by atoms with Gasteiger partial charge in [-0.3, -0.25) is 0 Å². The largest absolute Gasteiger partial charge is 0.444 e. The molecule has 0 spiro atoms. The van der Waals surface area contributed by atoms with E-state index in [2.05, 4.69) is 19.6 Å². The summed E-state index contributed by atoms with van der Waals surface area (Å²) < 4.78 is 5.51. The van der Waals surface area contributed by atoms with E-state index in [-0.39, 0.29) is 6.09 Å². The molecule has 0 N–H and O–H groups in total. The minimum atomic E-state index is -1.33. The van der Waals surface area contributed by atoms with E-state index in [4.69, 9.17) is 4.74 Å². The average Bonchev–Trinajstić information content (AvgIpc) is 2.13. The highest BCUT2D eigenvalue weighted by molar-refractivity contribution is 6.77. The van der Waals surface area contributed by atoms with E-state index >= 15 is 0 Å². The Balaban J connectivity index is 2.75. The summed E-state index contributed by atoms with van der Waals surface area (Å²) in [5.74, 6) is 0. The molecule has 1 fully saturated rings. The highest BCUT2D eigenvalue weighted by Gasteiger charge is 2.38. The maximum atomic E-state index is 12.2. The Bertz CT molecular complexity index is 278. The van der Waals surface area contributed by atoms with Crippen molar-refractivity contribution in [3.8, 4) is 0 Å². The monoisotopic (exact) mass is 257 g/mol. The van der Waals surface area contributed by atoms with Crippen LogP contribution in [-0.2, 0) is 4.74 Å². The van der Waals surface area contributed by atoms with Gasteiger partial charge in [0.05, 0.1) is 8.07 Å². The number of hydrogen-bond acceptors (Lipinski definition) is 2. The quantitative estimate of drug-likeness (QED) is 0.671. The first-order valence-corrected chi connectivity index (χ1v) is 10.2. The van der Waals surface area contributed by atoms with Crippen molar-refractivity contribution in [2.45, 2.75) is 70.9 Å². The van der Waals surface area contributed by atoms with Gasteiger partial charge < -0.3 is 9.64 Å². The molecule has 1 rings (SSSR count). The molecule has 0 saturated carbocycles. The van der Waals surface area contributed by atoms with Gasteiger partial charge in [-0.2, -0.15) is 0 Å². The zero-order valence-electron chi connectivity index (χ0n) is 12.2. The molecule has 100 valence electrons. The van der Waals surface area contributed by atoms with E-state index < -0.39 is 13.7 Å². The normalized spacial score (nSPS) is 22.5. The van der Waals surface area contributed by atoms with E-state index in [9.17, 15) is 4.79 Å². The number of carbonyl (C=O) groups excluding carboxylic acids is 1. The molecule has 0 radical (unpaired) electrons. The molecule has 1 saturated heterocycles. The van der Waals surface area contributed by atoms with Crippen LogP contribution in [0.2, 0.25) is 19.6 Å². The molecule has 0 aromatic carbocycles. The van der Waals surface area contributed by atoms with Crippen molar-refractivity contribution in [3.05, 3.63) is 0 Å². The predicted molar refractivity (Wildman–Crippen MR) is 73.9 cm³/mol. The van der Waals surface area contributed by atoms with Crippen molar-refractivity contribution >= 4 is 14.2 Å². The summed E-state index contributed by atoms with van der Waals surface area (Å²) in [6.45, 7) is 13.7. The van der Waals surface area contributed by atoms with Gasteiger partial charge in [-0.25, -0.2) is 4.79 Å². The van der Waals surface area contributed by atoms with Crippen LogP contribution in [0.4, 0.5) is 4.79 Å². The number of carbonyl (C=O) groups is 1. The zero-order chi connectivity index (χ0) is 13.3. The summed E-state index contributed by atoms with van der Waals surface area (Å²) in [6.07, 6.45) is 3.38. The van der Waals surface area contributed by atoms with Gasteiger partial charge in [-0.05, 0) is 40.0 Å². The van der Waals surface area contributed by atoms with Crippen LogP contribution in [0.3, 0.4) is 0 Å². The van der Waals surface area contributed by atoms with Crippen LogP contribution in [0, 0.1) is 0 Å². The molecule has 0 bridgehead atoms. The lowest BCUT2D eigenvalue weighted by Crippen LogP contribution is -2.56. The summed E-state index contributed by atoms with van der Waals surface area (Å²) in [5.41, 5.74) is 0.0458. The summed E-state index contributed by atoms with van der Waals surface area (Å²) in [4.78, 5) is 14.2. The zero-order valence-corrected chi connectivity index (χ0v) is 13.2. The summed E-state index contributed by atoms with van der Waals surface area (Å²) in [5, 5.41) is 0. The number of hydrogen-bond donors (Lipinski definition) is 0. The van der Waals surface area contributed by atoms with Gasteiger partial charge in [0.1, 0.15) is 5.60 Å². The topological polar surface area (TPSA) is 29.5 Å². The third kappa shape index (κ3) is 4.34. The smallest absolute Gasteiger partial charge is 0.410 e. The maximum Gasteiger partial charge on any atom is 0.410 e. The Kier molecular flexibility index (Phi) is 4.28. The second-order valence-corrected chi connectivity index (χ2v) is 12.4. The first-order valence-electron chi connectivity index (χ1n) is 6.61. The van der Waals surface area contributed by atoms with Crippen molar-refractivity contribution in [1.82, 2.24) is 4.90 Å². The minimum Gasteiger partial charge on any atom is -0.444 e. The van der Waals surface area contributed by atoms with Crippen molar-refractivity contribution in [1.29, 1.82) is 0 Å². The third-order valence-corrected chi connectivity index (χ3v) is 5.73. The molecular formula is C13H27NO2Si. The molecule has 3 nitrogen and oxygen atoms in total. The average molecular weight is 257 g/mol. The van der Waals surface area contributed by atoms with Crippen LogP contribution in [0.15, 0.2) is 0 Å². The Morgan fingerprint density at radius 3 is 2.29 bits per heavy atom. The van der Waals surface area contributed by atoms with Crippen LogP contribution >= 0.6 is 0 Å². The lowest BCUT2D eigenvalue weighted by Gasteiger charge is -2.42. The van der Waals surface area contributed by atoms with Crippen molar-refractivity contribution in [2.75, 3.05) is 6.54 Å². The van der Waals surface area contributed by atoms with E-state index in [1.807, 2.05) is 25.7 Å².